The van der Waals surface area contributed by atoms with Crippen LogP contribution in [0.1, 0.15) is 17.5 Å². The molecule has 98 valence electrons. The second kappa shape index (κ2) is 5.72. The zero-order chi connectivity index (χ0) is 12.2. The van der Waals surface area contributed by atoms with Gasteiger partial charge < -0.3 is 15.0 Å². The second-order valence-corrected chi connectivity index (χ2v) is 5.24. The van der Waals surface area contributed by atoms with E-state index >= 15 is 0 Å². The van der Waals surface area contributed by atoms with Gasteiger partial charge in [-0.1, -0.05) is 12.1 Å². The lowest BCUT2D eigenvalue weighted by Gasteiger charge is -2.27. The summed E-state index contributed by atoms with van der Waals surface area (Å²) in [5.74, 6) is 1.12. The van der Waals surface area contributed by atoms with Crippen molar-refractivity contribution in [2.24, 2.45) is 0 Å². The Morgan fingerprint density at radius 2 is 2.11 bits per heavy atom. The fourth-order valence-electron chi connectivity index (χ4n) is 2.76. The summed E-state index contributed by atoms with van der Waals surface area (Å²) < 4.78 is 5.73. The van der Waals surface area contributed by atoms with E-state index in [-0.39, 0.29) is 0 Å². The molecule has 0 unspecified atom stereocenters. The van der Waals surface area contributed by atoms with Crippen molar-refractivity contribution in [3.8, 4) is 5.75 Å². The number of benzene rings is 1. The van der Waals surface area contributed by atoms with Crippen LogP contribution in [0.5, 0.6) is 5.75 Å². The highest BCUT2D eigenvalue weighted by molar-refractivity contribution is 5.38. The normalized spacial score (nSPS) is 20.2. The summed E-state index contributed by atoms with van der Waals surface area (Å²) in [5.41, 5.74) is 2.79. The van der Waals surface area contributed by atoms with Gasteiger partial charge in [0, 0.05) is 32.7 Å². The lowest BCUT2D eigenvalue weighted by Crippen LogP contribution is -2.44. The Bertz CT molecular complexity index is 399. The average molecular weight is 246 g/mol. The monoisotopic (exact) mass is 246 g/mol. The second-order valence-electron chi connectivity index (χ2n) is 5.24. The third kappa shape index (κ3) is 2.85. The molecule has 0 bridgehead atoms. The first-order chi connectivity index (χ1) is 8.92. The molecule has 1 fully saturated rings. The number of aryl methyl sites for hydroxylation is 1. The number of rotatable bonds is 3. The highest BCUT2D eigenvalue weighted by Crippen LogP contribution is 2.25. The van der Waals surface area contributed by atoms with Gasteiger partial charge in [-0.3, -0.25) is 0 Å². The molecule has 3 nitrogen and oxygen atoms in total. The van der Waals surface area contributed by atoms with Crippen LogP contribution in [0.3, 0.4) is 0 Å². The molecule has 0 radical (unpaired) electrons. The van der Waals surface area contributed by atoms with Crippen molar-refractivity contribution in [2.75, 3.05) is 39.3 Å². The summed E-state index contributed by atoms with van der Waals surface area (Å²) in [7, 11) is 0. The quantitative estimate of drug-likeness (QED) is 0.874. The average Bonchev–Trinajstić information content (AvgIpc) is 2.46. The number of hydrogen-bond donors (Lipinski definition) is 1. The van der Waals surface area contributed by atoms with Gasteiger partial charge >= 0.3 is 0 Å². The predicted octanol–water partition coefficient (Wildman–Crippen LogP) is 1.46. The van der Waals surface area contributed by atoms with E-state index in [9.17, 15) is 0 Å². The molecule has 0 amide bonds. The van der Waals surface area contributed by atoms with Crippen LogP contribution in [0.4, 0.5) is 0 Å². The number of ether oxygens (including phenoxy) is 1. The molecule has 1 aromatic carbocycles. The summed E-state index contributed by atoms with van der Waals surface area (Å²) in [5, 5.41) is 3.39. The number of piperazine rings is 1. The lowest BCUT2D eigenvalue weighted by molar-refractivity contribution is 0.243. The molecule has 1 aromatic rings. The fraction of sp³-hybridized carbons (Fsp3) is 0.600. The molecule has 0 spiro atoms. The molecule has 0 aliphatic carbocycles. The predicted molar refractivity (Wildman–Crippen MR) is 73.3 cm³/mol. The number of fused-ring (bicyclic) bond motifs is 1. The van der Waals surface area contributed by atoms with Gasteiger partial charge in [0.05, 0.1) is 6.61 Å². The van der Waals surface area contributed by atoms with Crippen molar-refractivity contribution in [3.63, 3.8) is 0 Å². The highest BCUT2D eigenvalue weighted by atomic mass is 16.5. The zero-order valence-corrected chi connectivity index (χ0v) is 11.0. The van der Waals surface area contributed by atoms with E-state index in [0.29, 0.717) is 0 Å². The standard InChI is InChI=1S/C15H22N2O/c1-2-14-4-3-13(12-15(14)18-11-1)5-8-17-9-6-16-7-10-17/h3-4,12,16H,1-2,5-11H2. The Morgan fingerprint density at radius 3 is 3.00 bits per heavy atom. The maximum absolute atomic E-state index is 5.73. The Labute approximate surface area is 109 Å². The van der Waals surface area contributed by atoms with Gasteiger partial charge in [0.2, 0.25) is 0 Å². The van der Waals surface area contributed by atoms with Crippen molar-refractivity contribution in [1.29, 1.82) is 0 Å². The van der Waals surface area contributed by atoms with Crippen molar-refractivity contribution in [2.45, 2.75) is 19.3 Å². The maximum atomic E-state index is 5.73. The number of nitrogens with zero attached hydrogens (tertiary/aromatic N) is 1. The molecular weight excluding hydrogens is 224 g/mol. The van der Waals surface area contributed by atoms with Gasteiger partial charge in [-0.05, 0) is 36.5 Å². The van der Waals surface area contributed by atoms with Crippen LogP contribution < -0.4 is 10.1 Å². The van der Waals surface area contributed by atoms with Crippen LogP contribution in [0.25, 0.3) is 0 Å². The molecule has 2 aliphatic rings. The minimum Gasteiger partial charge on any atom is -0.493 e. The molecule has 2 aliphatic heterocycles. The van der Waals surface area contributed by atoms with Crippen LogP contribution in [0, 0.1) is 0 Å². The van der Waals surface area contributed by atoms with Gasteiger partial charge in [0.1, 0.15) is 5.75 Å². The first-order valence-corrected chi connectivity index (χ1v) is 7.09. The van der Waals surface area contributed by atoms with Gasteiger partial charge in [-0.25, -0.2) is 0 Å². The van der Waals surface area contributed by atoms with E-state index in [2.05, 4.69) is 28.4 Å². The van der Waals surface area contributed by atoms with Gasteiger partial charge in [0.15, 0.2) is 0 Å². The Hall–Kier alpha value is -1.06. The molecule has 1 saturated heterocycles. The summed E-state index contributed by atoms with van der Waals surface area (Å²) in [6, 6.07) is 6.77. The Balaban J connectivity index is 1.58. The first-order valence-electron chi connectivity index (χ1n) is 7.09. The van der Waals surface area contributed by atoms with Crippen LogP contribution in [0.15, 0.2) is 18.2 Å². The van der Waals surface area contributed by atoms with Crippen LogP contribution in [-0.4, -0.2) is 44.2 Å². The van der Waals surface area contributed by atoms with E-state index in [1.807, 2.05) is 0 Å². The molecule has 3 heteroatoms. The van der Waals surface area contributed by atoms with E-state index in [0.717, 1.165) is 38.3 Å². The van der Waals surface area contributed by atoms with Gasteiger partial charge in [-0.2, -0.15) is 0 Å². The van der Waals surface area contributed by atoms with E-state index in [4.69, 9.17) is 4.74 Å². The number of nitrogens with one attached hydrogen (secondary N) is 1. The molecular formula is C15H22N2O. The smallest absolute Gasteiger partial charge is 0.122 e. The maximum Gasteiger partial charge on any atom is 0.122 e. The molecule has 0 saturated carbocycles. The summed E-state index contributed by atoms with van der Waals surface area (Å²) in [6.07, 6.45) is 3.47. The summed E-state index contributed by atoms with van der Waals surface area (Å²) in [6.45, 7) is 6.68. The minimum absolute atomic E-state index is 0.883. The summed E-state index contributed by atoms with van der Waals surface area (Å²) >= 11 is 0. The van der Waals surface area contributed by atoms with Crippen LogP contribution in [0.2, 0.25) is 0 Å². The Kier molecular flexibility index (Phi) is 3.81. The van der Waals surface area contributed by atoms with E-state index in [1.165, 1.54) is 37.2 Å². The van der Waals surface area contributed by atoms with Gasteiger partial charge in [-0.15, -0.1) is 0 Å². The zero-order valence-electron chi connectivity index (χ0n) is 11.0. The highest BCUT2D eigenvalue weighted by Gasteiger charge is 2.12. The lowest BCUT2D eigenvalue weighted by atomic mass is 10.0. The van der Waals surface area contributed by atoms with Crippen molar-refractivity contribution in [1.82, 2.24) is 10.2 Å². The molecule has 1 N–H and O–H groups in total. The van der Waals surface area contributed by atoms with E-state index in [1.54, 1.807) is 0 Å². The SMILES string of the molecule is c1cc2c(cc1CCN1CCNCC1)OCCC2. The van der Waals surface area contributed by atoms with Crippen LogP contribution >= 0.6 is 0 Å². The van der Waals surface area contributed by atoms with Crippen molar-refractivity contribution < 1.29 is 4.74 Å². The molecule has 18 heavy (non-hydrogen) atoms. The minimum atomic E-state index is 0.883. The molecule has 3 rings (SSSR count). The fourth-order valence-corrected chi connectivity index (χ4v) is 2.76. The van der Waals surface area contributed by atoms with Crippen molar-refractivity contribution >= 4 is 0 Å². The third-order valence-corrected chi connectivity index (χ3v) is 3.91. The molecule has 0 atom stereocenters. The molecule has 0 aromatic heterocycles. The summed E-state index contributed by atoms with van der Waals surface area (Å²) in [4.78, 5) is 2.54. The Morgan fingerprint density at radius 1 is 1.22 bits per heavy atom. The van der Waals surface area contributed by atoms with Crippen molar-refractivity contribution in [3.05, 3.63) is 29.3 Å². The molecule has 2 heterocycles. The van der Waals surface area contributed by atoms with Crippen LogP contribution in [-0.2, 0) is 12.8 Å². The first kappa shape index (κ1) is 12.0. The topological polar surface area (TPSA) is 24.5 Å². The third-order valence-electron chi connectivity index (χ3n) is 3.91. The van der Waals surface area contributed by atoms with Gasteiger partial charge in [0.25, 0.3) is 0 Å². The van der Waals surface area contributed by atoms with E-state index < -0.39 is 0 Å². The largest absolute Gasteiger partial charge is 0.493 e. The number of hydrogen-bond acceptors (Lipinski definition) is 3.